The number of unbranched alkanes of at least 4 members (excludes halogenated alkanes) is 28. The van der Waals surface area contributed by atoms with Gasteiger partial charge in [-0.2, -0.15) is 0 Å². The number of aliphatic hydroxyl groups is 1. The summed E-state index contributed by atoms with van der Waals surface area (Å²) in [6.07, 6.45) is 79.4. The van der Waals surface area contributed by atoms with E-state index in [0.29, 0.717) is 17.4 Å². The van der Waals surface area contributed by atoms with Crippen LogP contribution in [0.15, 0.2) is 97.2 Å². The van der Waals surface area contributed by atoms with E-state index in [0.717, 1.165) is 89.9 Å². The number of phosphoric ester groups is 1. The van der Waals surface area contributed by atoms with Gasteiger partial charge in [0.2, 0.25) is 5.91 Å². The maximum atomic E-state index is 13.0. The van der Waals surface area contributed by atoms with Crippen LogP contribution < -0.4 is 5.32 Å². The highest BCUT2D eigenvalue weighted by Crippen LogP contribution is 2.43. The van der Waals surface area contributed by atoms with Crippen molar-refractivity contribution in [2.75, 3.05) is 40.9 Å². The molecule has 0 rings (SSSR count). The molecule has 0 fully saturated rings. The summed E-state index contributed by atoms with van der Waals surface area (Å²) in [5.74, 6) is -0.185. The van der Waals surface area contributed by atoms with Crippen LogP contribution in [0.4, 0.5) is 0 Å². The Morgan fingerprint density at radius 1 is 0.473 bits per heavy atom. The van der Waals surface area contributed by atoms with Crippen molar-refractivity contribution in [2.45, 2.75) is 270 Å². The zero-order valence-corrected chi connectivity index (χ0v) is 49.7. The van der Waals surface area contributed by atoms with Crippen molar-refractivity contribution < 1.29 is 32.9 Å². The summed E-state index contributed by atoms with van der Waals surface area (Å²) in [6, 6.07) is -0.857. The lowest BCUT2D eigenvalue weighted by Gasteiger charge is -2.25. The molecule has 0 aromatic heterocycles. The van der Waals surface area contributed by atoms with Gasteiger partial charge in [-0.25, -0.2) is 4.57 Å². The molecule has 0 saturated heterocycles. The lowest BCUT2D eigenvalue weighted by Crippen LogP contribution is -2.45. The number of hydrogen-bond acceptors (Lipinski definition) is 5. The molecule has 9 heteroatoms. The van der Waals surface area contributed by atoms with Crippen LogP contribution in [-0.2, 0) is 18.4 Å². The first-order valence-corrected chi connectivity index (χ1v) is 32.1. The highest BCUT2D eigenvalue weighted by Gasteiger charge is 2.27. The molecule has 0 saturated carbocycles. The monoisotopic (exact) mass is 1050 g/mol. The first-order valence-electron chi connectivity index (χ1n) is 30.6. The van der Waals surface area contributed by atoms with E-state index >= 15 is 0 Å². The zero-order valence-electron chi connectivity index (χ0n) is 48.8. The molecule has 0 heterocycles. The number of allylic oxidation sites excluding steroid dienone is 15. The number of nitrogens with zero attached hydrogens (tertiary/aromatic N) is 1. The molecule has 74 heavy (non-hydrogen) atoms. The van der Waals surface area contributed by atoms with Crippen LogP contribution in [0.3, 0.4) is 0 Å². The molecule has 3 N–H and O–H groups in total. The van der Waals surface area contributed by atoms with Gasteiger partial charge in [0, 0.05) is 6.42 Å². The lowest BCUT2D eigenvalue weighted by molar-refractivity contribution is -0.870. The fraction of sp³-hybridized carbons (Fsp3) is 0.738. The predicted molar refractivity (Wildman–Crippen MR) is 322 cm³/mol. The second-order valence-electron chi connectivity index (χ2n) is 21.7. The SMILES string of the molecule is CC/C=C\C/C=C\C/C=C\C/C=C\C/C=C\C/C=C\C/C=C\CCCCCCCCCCCC(=O)NC(COP(=O)(O)OCC[N+](C)(C)C)C(O)/C=C/CCCCCCCCCCCCCCCCCCCCC. The van der Waals surface area contributed by atoms with E-state index in [9.17, 15) is 19.4 Å². The molecule has 8 nitrogen and oxygen atoms in total. The highest BCUT2D eigenvalue weighted by molar-refractivity contribution is 7.47. The lowest BCUT2D eigenvalue weighted by atomic mass is 10.0. The molecule has 0 radical (unpaired) electrons. The molecular weight excluding hydrogens is 936 g/mol. The van der Waals surface area contributed by atoms with Gasteiger partial charge in [-0.05, 0) is 77.0 Å². The van der Waals surface area contributed by atoms with E-state index in [1.807, 2.05) is 27.2 Å². The van der Waals surface area contributed by atoms with E-state index < -0.39 is 20.0 Å². The molecular formula is C65H118N2O6P+. The number of amides is 1. The Balaban J connectivity index is 4.21. The molecule has 0 aliphatic rings. The van der Waals surface area contributed by atoms with Crippen LogP contribution in [0.25, 0.3) is 0 Å². The third-order valence-corrected chi connectivity index (χ3v) is 14.3. The van der Waals surface area contributed by atoms with Crippen LogP contribution >= 0.6 is 7.82 Å². The number of quaternary nitrogens is 1. The predicted octanol–water partition coefficient (Wildman–Crippen LogP) is 19.0. The number of likely N-dealkylation sites (N-methyl/N-ethyl adjacent to an activating group) is 1. The molecule has 0 aliphatic heterocycles. The molecule has 0 spiro atoms. The second-order valence-corrected chi connectivity index (χ2v) is 23.2. The Morgan fingerprint density at radius 2 is 0.811 bits per heavy atom. The fourth-order valence-corrected chi connectivity index (χ4v) is 9.29. The largest absolute Gasteiger partial charge is 0.472 e. The van der Waals surface area contributed by atoms with Gasteiger partial charge in [0.25, 0.3) is 0 Å². The topological polar surface area (TPSA) is 105 Å². The third kappa shape index (κ3) is 57.1. The van der Waals surface area contributed by atoms with Crippen molar-refractivity contribution in [1.82, 2.24) is 5.32 Å². The van der Waals surface area contributed by atoms with Crippen molar-refractivity contribution in [1.29, 1.82) is 0 Å². The van der Waals surface area contributed by atoms with E-state index in [2.05, 4.69) is 104 Å². The minimum Gasteiger partial charge on any atom is -0.387 e. The van der Waals surface area contributed by atoms with Gasteiger partial charge >= 0.3 is 7.82 Å². The standard InChI is InChI=1S/C65H117N2O6P/c1-6-8-10-12-14-16-18-20-22-24-26-28-29-30-31-32-33-34-35-36-37-39-41-43-45-47-49-51-53-55-57-59-65(69)66-63(62-73-74(70,71)72-61-60-67(3,4)5)64(68)58-56-54-52-50-48-46-44-42-40-38-27-25-23-21-19-17-15-13-11-9-7-2/h8,10,14,16,20,22,26,28,30-31,33-34,36-37,56,58,63-64,68H,6-7,9,11-13,15,17-19,21,23-25,27,29,32,35,38-55,57,59-62H2,1-5H3,(H-,66,69,70,71)/p+1/b10-8-,16-14-,22-20-,28-26-,31-30-,34-33-,37-36-,58-56+. The van der Waals surface area contributed by atoms with Crippen molar-refractivity contribution >= 4 is 13.7 Å². The van der Waals surface area contributed by atoms with Gasteiger partial charge in [-0.3, -0.25) is 13.8 Å². The Morgan fingerprint density at radius 3 is 1.19 bits per heavy atom. The van der Waals surface area contributed by atoms with E-state index in [4.69, 9.17) is 9.05 Å². The molecule has 3 unspecified atom stereocenters. The number of aliphatic hydroxyl groups excluding tert-OH is 1. The molecule has 0 aromatic rings. The van der Waals surface area contributed by atoms with E-state index in [-0.39, 0.29) is 19.1 Å². The Hall–Kier alpha value is -2.58. The highest BCUT2D eigenvalue weighted by atomic mass is 31.2. The van der Waals surface area contributed by atoms with E-state index in [1.165, 1.54) is 148 Å². The maximum Gasteiger partial charge on any atom is 0.472 e. The Kier molecular flexibility index (Phi) is 53.3. The van der Waals surface area contributed by atoms with Gasteiger partial charge in [0.05, 0.1) is 39.9 Å². The second kappa shape index (κ2) is 55.2. The molecule has 0 aromatic carbocycles. The van der Waals surface area contributed by atoms with Gasteiger partial charge in [0.15, 0.2) is 0 Å². The zero-order chi connectivity index (χ0) is 54.2. The smallest absolute Gasteiger partial charge is 0.387 e. The van der Waals surface area contributed by atoms with E-state index in [1.54, 1.807) is 6.08 Å². The van der Waals surface area contributed by atoms with Gasteiger partial charge in [0.1, 0.15) is 13.2 Å². The summed E-state index contributed by atoms with van der Waals surface area (Å²) in [5.41, 5.74) is 0. The minimum absolute atomic E-state index is 0.0562. The summed E-state index contributed by atoms with van der Waals surface area (Å²) in [6.45, 7) is 4.71. The van der Waals surface area contributed by atoms with Gasteiger partial charge in [-0.15, -0.1) is 0 Å². The summed E-state index contributed by atoms with van der Waals surface area (Å²) < 4.78 is 23.7. The van der Waals surface area contributed by atoms with Crippen LogP contribution in [0, 0.1) is 0 Å². The Bertz CT molecular complexity index is 1520. The first-order chi connectivity index (χ1) is 36.0. The number of carbonyl (C=O) groups is 1. The molecule has 3 atom stereocenters. The average molecular weight is 1050 g/mol. The number of hydrogen-bond donors (Lipinski definition) is 3. The molecule has 0 aliphatic carbocycles. The Labute approximate surface area is 458 Å². The van der Waals surface area contributed by atoms with Crippen LogP contribution in [0.5, 0.6) is 0 Å². The van der Waals surface area contributed by atoms with Crippen LogP contribution in [0.2, 0.25) is 0 Å². The fourth-order valence-electron chi connectivity index (χ4n) is 8.55. The molecule has 428 valence electrons. The van der Waals surface area contributed by atoms with Gasteiger partial charge in [-0.1, -0.05) is 272 Å². The van der Waals surface area contributed by atoms with Gasteiger partial charge < -0.3 is 19.8 Å². The maximum absolute atomic E-state index is 13.0. The average Bonchev–Trinajstić information content (AvgIpc) is 3.36. The first kappa shape index (κ1) is 71.4. The minimum atomic E-state index is -4.36. The van der Waals surface area contributed by atoms with Crippen molar-refractivity contribution in [3.05, 3.63) is 97.2 Å². The quantitative estimate of drug-likeness (QED) is 0.0243. The number of nitrogens with one attached hydrogen (secondary N) is 1. The van der Waals surface area contributed by atoms with Crippen LogP contribution in [-0.4, -0.2) is 73.4 Å². The third-order valence-electron chi connectivity index (χ3n) is 13.3. The molecule has 0 bridgehead atoms. The van der Waals surface area contributed by atoms with Crippen molar-refractivity contribution in [2.24, 2.45) is 0 Å². The number of rotatable bonds is 55. The normalized spacial score (nSPS) is 14.5. The number of carbonyl (C=O) groups excluding carboxylic acids is 1. The summed E-state index contributed by atoms with van der Waals surface area (Å²) in [7, 11) is 1.56. The van der Waals surface area contributed by atoms with Crippen molar-refractivity contribution in [3.63, 3.8) is 0 Å². The van der Waals surface area contributed by atoms with Crippen molar-refractivity contribution in [3.8, 4) is 0 Å². The summed E-state index contributed by atoms with van der Waals surface area (Å²) in [4.78, 5) is 23.3. The number of phosphoric acid groups is 1. The molecule has 1 amide bonds. The summed E-state index contributed by atoms with van der Waals surface area (Å²) in [5, 5.41) is 14.0. The summed E-state index contributed by atoms with van der Waals surface area (Å²) >= 11 is 0. The van der Waals surface area contributed by atoms with Crippen LogP contribution in [0.1, 0.15) is 258 Å².